The van der Waals surface area contributed by atoms with Gasteiger partial charge in [0.15, 0.2) is 0 Å². The third-order valence-electron chi connectivity index (χ3n) is 3.31. The van der Waals surface area contributed by atoms with Crippen molar-refractivity contribution in [2.75, 3.05) is 6.61 Å². The molecule has 4 heteroatoms. The molecule has 1 atom stereocenters. The van der Waals surface area contributed by atoms with E-state index in [0.717, 1.165) is 17.7 Å². The van der Waals surface area contributed by atoms with Crippen molar-refractivity contribution in [2.45, 2.75) is 52.5 Å². The number of amides is 1. The van der Waals surface area contributed by atoms with Gasteiger partial charge in [-0.1, -0.05) is 20.3 Å². The molecule has 0 aliphatic heterocycles. The molecule has 0 aliphatic carbocycles. The van der Waals surface area contributed by atoms with Crippen molar-refractivity contribution in [2.24, 2.45) is 0 Å². The molecule has 0 spiro atoms. The number of aliphatic hydroxyl groups is 1. The van der Waals surface area contributed by atoms with E-state index in [-0.39, 0.29) is 12.5 Å². The Balaban J connectivity index is 2.81. The van der Waals surface area contributed by atoms with Gasteiger partial charge in [-0.25, -0.2) is 0 Å². The van der Waals surface area contributed by atoms with Gasteiger partial charge in [0.1, 0.15) is 0 Å². The molecule has 0 aliphatic rings. The van der Waals surface area contributed by atoms with Gasteiger partial charge in [0.25, 0.3) is 5.91 Å². The van der Waals surface area contributed by atoms with Gasteiger partial charge in [-0.2, -0.15) is 0 Å². The quantitative estimate of drug-likeness (QED) is 0.834. The first kappa shape index (κ1) is 15.2. The predicted octanol–water partition coefficient (Wildman–Crippen LogP) is 2.90. The zero-order valence-electron chi connectivity index (χ0n) is 11.7. The van der Waals surface area contributed by atoms with Gasteiger partial charge in [-0.05, 0) is 38.3 Å². The molecule has 18 heavy (non-hydrogen) atoms. The summed E-state index contributed by atoms with van der Waals surface area (Å²) in [5, 5.41) is 12.2. The number of hydrogen-bond acceptors (Lipinski definition) is 3. The summed E-state index contributed by atoms with van der Waals surface area (Å²) in [7, 11) is 0. The Morgan fingerprint density at radius 3 is 2.67 bits per heavy atom. The average Bonchev–Trinajstić information content (AvgIpc) is 2.71. The van der Waals surface area contributed by atoms with E-state index in [1.54, 1.807) is 0 Å². The fourth-order valence-corrected chi connectivity index (χ4v) is 2.69. The van der Waals surface area contributed by atoms with E-state index in [4.69, 9.17) is 0 Å². The lowest BCUT2D eigenvalue weighted by molar-refractivity contribution is 0.0851. The van der Waals surface area contributed by atoms with E-state index in [2.05, 4.69) is 19.2 Å². The highest BCUT2D eigenvalue weighted by Crippen LogP contribution is 2.23. The summed E-state index contributed by atoms with van der Waals surface area (Å²) in [6.45, 7) is 7.96. The minimum atomic E-state index is -0.528. The number of hydrogen-bond donors (Lipinski definition) is 2. The van der Waals surface area contributed by atoms with Crippen LogP contribution in [0.15, 0.2) is 6.07 Å². The second kappa shape index (κ2) is 6.34. The van der Waals surface area contributed by atoms with Crippen LogP contribution in [0.2, 0.25) is 0 Å². The van der Waals surface area contributed by atoms with Crippen molar-refractivity contribution < 1.29 is 9.90 Å². The summed E-state index contributed by atoms with van der Waals surface area (Å²) in [5.74, 6) is -0.0798. The highest BCUT2D eigenvalue weighted by atomic mass is 32.1. The number of nitrogens with one attached hydrogen (secondary N) is 1. The SMILES string of the molecule is CCCc1cc(C(=O)NC(C)(CC)CO)sc1C. The van der Waals surface area contributed by atoms with Gasteiger partial charge in [0, 0.05) is 4.88 Å². The van der Waals surface area contributed by atoms with Gasteiger partial charge >= 0.3 is 0 Å². The number of aliphatic hydroxyl groups excluding tert-OH is 1. The summed E-state index contributed by atoms with van der Waals surface area (Å²) < 4.78 is 0. The Morgan fingerprint density at radius 2 is 2.17 bits per heavy atom. The molecule has 0 saturated heterocycles. The molecule has 0 fully saturated rings. The van der Waals surface area contributed by atoms with Crippen molar-refractivity contribution in [3.8, 4) is 0 Å². The van der Waals surface area contributed by atoms with Crippen molar-refractivity contribution in [1.29, 1.82) is 0 Å². The van der Waals surface area contributed by atoms with Gasteiger partial charge in [-0.15, -0.1) is 11.3 Å². The predicted molar refractivity (Wildman–Crippen MR) is 76.3 cm³/mol. The molecular weight excluding hydrogens is 246 g/mol. The van der Waals surface area contributed by atoms with Crippen LogP contribution in [-0.2, 0) is 6.42 Å². The molecule has 2 N–H and O–H groups in total. The second-order valence-corrected chi connectivity index (χ2v) is 6.22. The minimum absolute atomic E-state index is 0.0403. The van der Waals surface area contributed by atoms with Crippen LogP contribution in [0.5, 0.6) is 0 Å². The number of thiophene rings is 1. The third-order valence-corrected chi connectivity index (χ3v) is 4.40. The molecule has 102 valence electrons. The van der Waals surface area contributed by atoms with Crippen LogP contribution in [0.1, 0.15) is 53.7 Å². The lowest BCUT2D eigenvalue weighted by Gasteiger charge is -2.26. The molecule has 1 rings (SSSR count). The van der Waals surface area contributed by atoms with E-state index in [1.165, 1.54) is 21.8 Å². The zero-order valence-corrected chi connectivity index (χ0v) is 12.5. The summed E-state index contributed by atoms with van der Waals surface area (Å²) >= 11 is 1.53. The lowest BCUT2D eigenvalue weighted by atomic mass is 10.0. The highest BCUT2D eigenvalue weighted by molar-refractivity contribution is 7.14. The maximum atomic E-state index is 12.1. The first-order chi connectivity index (χ1) is 8.45. The Labute approximate surface area is 113 Å². The molecule has 1 unspecified atom stereocenters. The minimum Gasteiger partial charge on any atom is -0.394 e. The fourth-order valence-electron chi connectivity index (χ4n) is 1.72. The largest absolute Gasteiger partial charge is 0.394 e. The van der Waals surface area contributed by atoms with Crippen molar-refractivity contribution in [3.05, 3.63) is 21.4 Å². The molecular formula is C14H23NO2S. The van der Waals surface area contributed by atoms with Gasteiger partial charge in [0.2, 0.25) is 0 Å². The van der Waals surface area contributed by atoms with Crippen molar-refractivity contribution in [3.63, 3.8) is 0 Å². The van der Waals surface area contributed by atoms with E-state index in [0.29, 0.717) is 6.42 Å². The Morgan fingerprint density at radius 1 is 1.50 bits per heavy atom. The molecule has 0 radical (unpaired) electrons. The Bertz CT molecular complexity index is 408. The molecule has 0 aromatic carbocycles. The summed E-state index contributed by atoms with van der Waals surface area (Å²) in [6, 6.07) is 1.98. The number of carbonyl (C=O) groups is 1. The molecule has 3 nitrogen and oxygen atoms in total. The molecule has 1 heterocycles. The number of carbonyl (C=O) groups excluding carboxylic acids is 1. The maximum absolute atomic E-state index is 12.1. The Kier molecular flexibility index (Phi) is 5.35. The molecule has 1 amide bonds. The van der Waals surface area contributed by atoms with E-state index >= 15 is 0 Å². The van der Waals surface area contributed by atoms with Crippen molar-refractivity contribution >= 4 is 17.2 Å². The number of rotatable bonds is 6. The number of aryl methyl sites for hydroxylation is 2. The lowest BCUT2D eigenvalue weighted by Crippen LogP contribution is -2.48. The van der Waals surface area contributed by atoms with Crippen LogP contribution in [0.25, 0.3) is 0 Å². The fraction of sp³-hybridized carbons (Fsp3) is 0.643. The first-order valence-electron chi connectivity index (χ1n) is 6.48. The van der Waals surface area contributed by atoms with Gasteiger partial charge in [-0.3, -0.25) is 4.79 Å². The monoisotopic (exact) mass is 269 g/mol. The molecule has 1 aromatic rings. The van der Waals surface area contributed by atoms with E-state index in [1.807, 2.05) is 19.9 Å². The van der Waals surface area contributed by atoms with Gasteiger partial charge < -0.3 is 10.4 Å². The van der Waals surface area contributed by atoms with Crippen LogP contribution >= 0.6 is 11.3 Å². The first-order valence-corrected chi connectivity index (χ1v) is 7.30. The average molecular weight is 269 g/mol. The maximum Gasteiger partial charge on any atom is 0.261 e. The van der Waals surface area contributed by atoms with Gasteiger partial charge in [0.05, 0.1) is 17.0 Å². The normalized spacial score (nSPS) is 14.3. The Hall–Kier alpha value is -0.870. The van der Waals surface area contributed by atoms with Crippen LogP contribution in [0, 0.1) is 6.92 Å². The zero-order chi connectivity index (χ0) is 13.8. The van der Waals surface area contributed by atoms with Crippen LogP contribution in [0.4, 0.5) is 0 Å². The molecule has 0 bridgehead atoms. The van der Waals surface area contributed by atoms with Crippen LogP contribution in [0.3, 0.4) is 0 Å². The van der Waals surface area contributed by atoms with Crippen LogP contribution < -0.4 is 5.32 Å². The standard InChI is InChI=1S/C14H23NO2S/c1-5-7-11-8-12(18-10(11)3)13(17)15-14(4,6-2)9-16/h8,16H,5-7,9H2,1-4H3,(H,15,17). The summed E-state index contributed by atoms with van der Waals surface area (Å²) in [5.41, 5.74) is 0.731. The molecule has 1 aromatic heterocycles. The van der Waals surface area contributed by atoms with Crippen molar-refractivity contribution in [1.82, 2.24) is 5.32 Å². The van der Waals surface area contributed by atoms with Crippen LogP contribution in [-0.4, -0.2) is 23.2 Å². The topological polar surface area (TPSA) is 49.3 Å². The van der Waals surface area contributed by atoms with E-state index < -0.39 is 5.54 Å². The molecule has 0 saturated carbocycles. The third kappa shape index (κ3) is 3.56. The smallest absolute Gasteiger partial charge is 0.261 e. The van der Waals surface area contributed by atoms with E-state index in [9.17, 15) is 9.90 Å². The highest BCUT2D eigenvalue weighted by Gasteiger charge is 2.24. The summed E-state index contributed by atoms with van der Waals surface area (Å²) in [6.07, 6.45) is 2.81. The second-order valence-electron chi connectivity index (χ2n) is 4.97. The summed E-state index contributed by atoms with van der Waals surface area (Å²) in [4.78, 5) is 14.1.